The lowest BCUT2D eigenvalue weighted by Crippen LogP contribution is -2.38. The monoisotopic (exact) mass is 528 g/mol. The molecule has 0 aliphatic carbocycles. The summed E-state index contributed by atoms with van der Waals surface area (Å²) in [6.07, 6.45) is 1.47. The van der Waals surface area contributed by atoms with Crippen LogP contribution in [0.5, 0.6) is 11.5 Å². The minimum absolute atomic E-state index is 0.0105. The van der Waals surface area contributed by atoms with Gasteiger partial charge >= 0.3 is 6.03 Å². The van der Waals surface area contributed by atoms with Gasteiger partial charge in [0, 0.05) is 11.4 Å². The summed E-state index contributed by atoms with van der Waals surface area (Å²) in [6.45, 7) is 3.21. The van der Waals surface area contributed by atoms with Crippen LogP contribution in [0, 0.1) is 13.8 Å². The molecule has 200 valence electrons. The number of aryl methyl sites for hydroxylation is 2. The van der Waals surface area contributed by atoms with E-state index in [0.29, 0.717) is 28.4 Å². The predicted molar refractivity (Wildman–Crippen MR) is 146 cm³/mol. The zero-order valence-electron chi connectivity index (χ0n) is 21.7. The van der Waals surface area contributed by atoms with Crippen LogP contribution in [0.3, 0.4) is 0 Å². The van der Waals surface area contributed by atoms with Crippen molar-refractivity contribution in [3.8, 4) is 11.5 Å². The summed E-state index contributed by atoms with van der Waals surface area (Å²) in [4.78, 5) is 50.7. The number of amides is 5. The molecule has 3 aromatic rings. The highest BCUT2D eigenvalue weighted by Crippen LogP contribution is 2.29. The number of carbonyl (C=O) groups is 4. The van der Waals surface area contributed by atoms with Gasteiger partial charge in [-0.15, -0.1) is 0 Å². The van der Waals surface area contributed by atoms with E-state index in [4.69, 9.17) is 9.47 Å². The quantitative estimate of drug-likeness (QED) is 0.286. The maximum absolute atomic E-state index is 12.8. The average Bonchev–Trinajstić information content (AvgIpc) is 3.17. The highest BCUT2D eigenvalue weighted by atomic mass is 16.5. The summed E-state index contributed by atoms with van der Waals surface area (Å²) in [5, 5.41) is 7.91. The van der Waals surface area contributed by atoms with Crippen LogP contribution in [-0.2, 0) is 14.4 Å². The fourth-order valence-corrected chi connectivity index (χ4v) is 3.73. The Labute approximate surface area is 225 Å². The molecule has 3 N–H and O–H groups in total. The second-order valence-corrected chi connectivity index (χ2v) is 8.91. The van der Waals surface area contributed by atoms with Crippen LogP contribution < -0.4 is 25.4 Å². The zero-order chi connectivity index (χ0) is 27.9. The third kappa shape index (κ3) is 7.01. The number of anilines is 2. The van der Waals surface area contributed by atoms with Gasteiger partial charge in [-0.25, -0.2) is 9.69 Å². The Morgan fingerprint density at radius 1 is 0.846 bits per heavy atom. The van der Waals surface area contributed by atoms with E-state index in [9.17, 15) is 19.2 Å². The molecule has 5 amide bonds. The van der Waals surface area contributed by atoms with Gasteiger partial charge in [0.1, 0.15) is 12.2 Å². The van der Waals surface area contributed by atoms with E-state index in [1.165, 1.54) is 13.2 Å². The lowest BCUT2D eigenvalue weighted by atomic mass is 10.1. The number of benzene rings is 3. The Bertz CT molecular complexity index is 1430. The molecule has 0 radical (unpaired) electrons. The Morgan fingerprint density at radius 3 is 2.03 bits per heavy atom. The normalized spacial score (nSPS) is 13.7. The van der Waals surface area contributed by atoms with Gasteiger partial charge in [-0.05, 0) is 61.9 Å². The Balaban J connectivity index is 1.37. The van der Waals surface area contributed by atoms with Crippen molar-refractivity contribution in [3.63, 3.8) is 0 Å². The topological polar surface area (TPSA) is 126 Å². The van der Waals surface area contributed by atoms with Crippen molar-refractivity contribution >= 4 is 41.2 Å². The number of carbonyl (C=O) groups excluding carboxylic acids is 4. The number of imide groups is 1. The van der Waals surface area contributed by atoms with Gasteiger partial charge in [0.25, 0.3) is 11.8 Å². The molecule has 3 aromatic carbocycles. The molecule has 0 spiro atoms. The molecule has 4 rings (SSSR count). The van der Waals surface area contributed by atoms with Gasteiger partial charge in [-0.2, -0.15) is 0 Å². The van der Waals surface area contributed by atoms with Crippen molar-refractivity contribution in [1.29, 1.82) is 0 Å². The van der Waals surface area contributed by atoms with Crippen LogP contribution in [-0.4, -0.2) is 48.9 Å². The van der Waals surface area contributed by atoms with Gasteiger partial charge in [-0.3, -0.25) is 14.4 Å². The highest BCUT2D eigenvalue weighted by molar-refractivity contribution is 6.16. The van der Waals surface area contributed by atoms with Crippen molar-refractivity contribution in [3.05, 3.63) is 89.1 Å². The summed E-state index contributed by atoms with van der Waals surface area (Å²) >= 11 is 0. The first-order valence-corrected chi connectivity index (χ1v) is 12.1. The molecule has 1 aliphatic rings. The molecule has 1 saturated heterocycles. The molecule has 10 heteroatoms. The van der Waals surface area contributed by atoms with Crippen LogP contribution >= 0.6 is 0 Å². The van der Waals surface area contributed by atoms with E-state index in [1.54, 1.807) is 42.5 Å². The molecule has 0 saturated carbocycles. The molecule has 10 nitrogen and oxygen atoms in total. The second-order valence-electron chi connectivity index (χ2n) is 8.91. The van der Waals surface area contributed by atoms with Crippen LogP contribution in [0.2, 0.25) is 0 Å². The fraction of sp³-hybridized carbons (Fsp3) is 0.172. The molecule has 0 bridgehead atoms. The largest absolute Gasteiger partial charge is 0.493 e. The molecule has 1 heterocycles. The number of hydrogen-bond donors (Lipinski definition) is 3. The lowest BCUT2D eigenvalue weighted by Gasteiger charge is -2.12. The van der Waals surface area contributed by atoms with E-state index in [0.717, 1.165) is 16.0 Å². The number of rotatable bonds is 9. The molecule has 1 fully saturated rings. The van der Waals surface area contributed by atoms with E-state index in [-0.39, 0.29) is 18.2 Å². The van der Waals surface area contributed by atoms with Gasteiger partial charge in [0.05, 0.1) is 7.11 Å². The highest BCUT2D eigenvalue weighted by Gasteiger charge is 2.35. The molecular weight excluding hydrogens is 500 g/mol. The fourth-order valence-electron chi connectivity index (χ4n) is 3.73. The number of nitrogens with zero attached hydrogens (tertiary/aromatic N) is 1. The first-order valence-electron chi connectivity index (χ1n) is 12.1. The second kappa shape index (κ2) is 12.0. The molecule has 0 unspecified atom stereocenters. The SMILES string of the molecule is COc1cc(/C=C2/NC(=O)N(CC(=O)Nc3ccc(C)cc3)C2=O)ccc1OCC(=O)Nc1ccc(C)cc1. The third-order valence-electron chi connectivity index (χ3n) is 5.79. The minimum Gasteiger partial charge on any atom is -0.493 e. The number of methoxy groups -OCH3 is 1. The summed E-state index contributed by atoms with van der Waals surface area (Å²) < 4.78 is 11.0. The Morgan fingerprint density at radius 2 is 1.44 bits per heavy atom. The third-order valence-corrected chi connectivity index (χ3v) is 5.79. The molecule has 0 aromatic heterocycles. The number of hydrogen-bond acceptors (Lipinski definition) is 6. The average molecular weight is 529 g/mol. The number of ether oxygens (including phenoxy) is 2. The Hall–Kier alpha value is -5.12. The predicted octanol–water partition coefficient (Wildman–Crippen LogP) is 3.86. The van der Waals surface area contributed by atoms with E-state index in [2.05, 4.69) is 16.0 Å². The maximum atomic E-state index is 12.8. The number of nitrogens with one attached hydrogen (secondary N) is 3. The summed E-state index contributed by atoms with van der Waals surface area (Å²) in [6, 6.07) is 18.7. The van der Waals surface area contributed by atoms with Crippen molar-refractivity contribution in [2.24, 2.45) is 0 Å². The van der Waals surface area contributed by atoms with Crippen LogP contribution in [0.4, 0.5) is 16.2 Å². The summed E-state index contributed by atoms with van der Waals surface area (Å²) in [5.41, 5.74) is 3.90. The van der Waals surface area contributed by atoms with Gasteiger partial charge in [0.15, 0.2) is 18.1 Å². The van der Waals surface area contributed by atoms with Crippen molar-refractivity contribution in [1.82, 2.24) is 10.2 Å². The van der Waals surface area contributed by atoms with E-state index in [1.807, 2.05) is 38.1 Å². The Kier molecular flexibility index (Phi) is 8.25. The van der Waals surface area contributed by atoms with Gasteiger partial charge < -0.3 is 25.4 Å². The van der Waals surface area contributed by atoms with E-state index < -0.39 is 24.4 Å². The van der Waals surface area contributed by atoms with E-state index >= 15 is 0 Å². The van der Waals surface area contributed by atoms with Crippen molar-refractivity contribution < 1.29 is 28.7 Å². The summed E-state index contributed by atoms with van der Waals surface area (Å²) in [7, 11) is 1.45. The van der Waals surface area contributed by atoms with Gasteiger partial charge in [0.2, 0.25) is 5.91 Å². The molecule has 1 aliphatic heterocycles. The van der Waals surface area contributed by atoms with Crippen molar-refractivity contribution in [2.75, 3.05) is 30.9 Å². The zero-order valence-corrected chi connectivity index (χ0v) is 21.7. The van der Waals surface area contributed by atoms with Gasteiger partial charge in [-0.1, -0.05) is 41.5 Å². The van der Waals surface area contributed by atoms with Crippen LogP contribution in [0.25, 0.3) is 6.08 Å². The van der Waals surface area contributed by atoms with Crippen molar-refractivity contribution in [2.45, 2.75) is 13.8 Å². The first kappa shape index (κ1) is 26.9. The van der Waals surface area contributed by atoms with Crippen LogP contribution in [0.15, 0.2) is 72.4 Å². The summed E-state index contributed by atoms with van der Waals surface area (Å²) in [5.74, 6) is -0.810. The number of urea groups is 1. The molecule has 0 atom stereocenters. The first-order chi connectivity index (χ1) is 18.7. The standard InChI is InChI=1S/C29H28N4O6/c1-18-4-9-21(10-5-18)30-26(34)16-33-28(36)23(32-29(33)37)14-20-8-13-24(25(15-20)38-3)39-17-27(35)31-22-11-6-19(2)7-12-22/h4-15H,16-17H2,1-3H3,(H,30,34)(H,31,35)(H,32,37)/b23-14+. The minimum atomic E-state index is -0.697. The molecule has 39 heavy (non-hydrogen) atoms. The smallest absolute Gasteiger partial charge is 0.329 e. The molecular formula is C29H28N4O6. The maximum Gasteiger partial charge on any atom is 0.329 e. The van der Waals surface area contributed by atoms with Crippen LogP contribution in [0.1, 0.15) is 16.7 Å². The lowest BCUT2D eigenvalue weighted by molar-refractivity contribution is -0.127.